The van der Waals surface area contributed by atoms with Gasteiger partial charge in [-0.25, -0.2) is 4.79 Å². The van der Waals surface area contributed by atoms with Crippen LogP contribution >= 0.6 is 0 Å². The van der Waals surface area contributed by atoms with E-state index in [2.05, 4.69) is 5.32 Å². The summed E-state index contributed by atoms with van der Waals surface area (Å²) in [5, 5.41) is 2.16. The molecule has 0 radical (unpaired) electrons. The first-order valence-electron chi connectivity index (χ1n) is 5.93. The van der Waals surface area contributed by atoms with Crippen LogP contribution in [0.25, 0.3) is 0 Å². The molecule has 1 aliphatic rings. The quantitative estimate of drug-likeness (QED) is 0.511. The lowest BCUT2D eigenvalue weighted by Gasteiger charge is -2.06. The molecule has 98 valence electrons. The van der Waals surface area contributed by atoms with E-state index in [1.807, 2.05) is 0 Å². The van der Waals surface area contributed by atoms with Gasteiger partial charge in [-0.3, -0.25) is 14.9 Å². The molecule has 2 aromatic rings. The fraction of sp³-hybridized carbons (Fsp3) is 0. The van der Waals surface area contributed by atoms with Crippen LogP contribution in [0.5, 0.6) is 5.75 Å². The van der Waals surface area contributed by atoms with Crippen LogP contribution in [-0.4, -0.2) is 17.8 Å². The van der Waals surface area contributed by atoms with Gasteiger partial charge in [0.2, 0.25) is 0 Å². The Kier molecular flexibility index (Phi) is 2.80. The highest BCUT2D eigenvalue weighted by molar-refractivity contribution is 6.24. The summed E-state index contributed by atoms with van der Waals surface area (Å²) in [5.74, 6) is -1.37. The van der Waals surface area contributed by atoms with Crippen molar-refractivity contribution in [1.29, 1.82) is 0 Å². The van der Waals surface area contributed by atoms with Gasteiger partial charge < -0.3 is 4.74 Å². The predicted octanol–water partition coefficient (Wildman–Crippen LogP) is 1.79. The van der Waals surface area contributed by atoms with Gasteiger partial charge in [0.1, 0.15) is 5.75 Å². The Morgan fingerprint density at radius 1 is 0.900 bits per heavy atom. The summed E-state index contributed by atoms with van der Waals surface area (Å²) in [6.07, 6.45) is 0. The van der Waals surface area contributed by atoms with E-state index in [0.717, 1.165) is 0 Å². The molecule has 0 aliphatic carbocycles. The molecule has 5 heteroatoms. The third-order valence-corrected chi connectivity index (χ3v) is 2.94. The first-order chi connectivity index (χ1) is 9.66. The molecule has 2 aromatic carbocycles. The number of nitrogens with one attached hydrogen (secondary N) is 1. The zero-order valence-corrected chi connectivity index (χ0v) is 10.3. The lowest BCUT2D eigenvalue weighted by Crippen LogP contribution is -2.21. The van der Waals surface area contributed by atoms with Crippen LogP contribution in [0.3, 0.4) is 0 Å². The number of fused-ring (bicyclic) bond motifs is 1. The molecule has 0 fully saturated rings. The first kappa shape index (κ1) is 12.1. The molecular weight excluding hydrogens is 258 g/mol. The van der Waals surface area contributed by atoms with Crippen molar-refractivity contribution in [3.05, 3.63) is 65.2 Å². The van der Waals surface area contributed by atoms with Gasteiger partial charge in [-0.1, -0.05) is 24.3 Å². The molecule has 2 amide bonds. The summed E-state index contributed by atoms with van der Waals surface area (Å²) in [6, 6.07) is 13.0. The molecule has 3 rings (SSSR count). The van der Waals surface area contributed by atoms with Crippen molar-refractivity contribution < 1.29 is 19.1 Å². The highest BCUT2D eigenvalue weighted by atomic mass is 16.5. The average Bonchev–Trinajstić information content (AvgIpc) is 2.75. The van der Waals surface area contributed by atoms with Crippen LogP contribution in [0.1, 0.15) is 31.1 Å². The van der Waals surface area contributed by atoms with E-state index in [4.69, 9.17) is 4.74 Å². The van der Waals surface area contributed by atoms with Gasteiger partial charge in [0.15, 0.2) is 0 Å². The van der Waals surface area contributed by atoms with Crippen molar-refractivity contribution in [1.82, 2.24) is 5.32 Å². The van der Waals surface area contributed by atoms with E-state index in [1.165, 1.54) is 12.1 Å². The number of carbonyl (C=O) groups is 3. The Morgan fingerprint density at radius 3 is 2.40 bits per heavy atom. The van der Waals surface area contributed by atoms with Crippen molar-refractivity contribution in [2.45, 2.75) is 0 Å². The van der Waals surface area contributed by atoms with E-state index in [9.17, 15) is 14.4 Å². The summed E-state index contributed by atoms with van der Waals surface area (Å²) in [4.78, 5) is 35.4. The maximum absolute atomic E-state index is 12.1. The maximum atomic E-state index is 12.1. The normalized spacial score (nSPS) is 12.8. The van der Waals surface area contributed by atoms with E-state index in [0.29, 0.717) is 5.75 Å². The summed E-state index contributed by atoms with van der Waals surface area (Å²) in [5.41, 5.74) is 0.339. The number of rotatable bonds is 2. The highest BCUT2D eigenvalue weighted by Crippen LogP contribution is 2.21. The Morgan fingerprint density at radius 2 is 1.65 bits per heavy atom. The Hall–Kier alpha value is -2.95. The first-order valence-corrected chi connectivity index (χ1v) is 5.93. The minimum atomic E-state index is -0.669. The number of para-hydroxylation sites is 1. The SMILES string of the molecule is O=C1NC(=O)c2c1cccc2C(=O)Oc1ccccc1. The summed E-state index contributed by atoms with van der Waals surface area (Å²) in [7, 11) is 0. The molecule has 1 heterocycles. The van der Waals surface area contributed by atoms with Gasteiger partial charge in [-0.2, -0.15) is 0 Å². The van der Waals surface area contributed by atoms with Crippen LogP contribution < -0.4 is 10.1 Å². The van der Waals surface area contributed by atoms with Gasteiger partial charge in [-0.05, 0) is 24.3 Å². The van der Waals surface area contributed by atoms with Gasteiger partial charge in [0, 0.05) is 0 Å². The second kappa shape index (κ2) is 4.62. The highest BCUT2D eigenvalue weighted by Gasteiger charge is 2.31. The topological polar surface area (TPSA) is 72.5 Å². The van der Waals surface area contributed by atoms with Crippen molar-refractivity contribution in [2.24, 2.45) is 0 Å². The number of ether oxygens (including phenoxy) is 1. The van der Waals surface area contributed by atoms with Gasteiger partial charge in [-0.15, -0.1) is 0 Å². The third-order valence-electron chi connectivity index (χ3n) is 2.94. The predicted molar refractivity (Wildman–Crippen MR) is 69.6 cm³/mol. The van der Waals surface area contributed by atoms with E-state index < -0.39 is 17.8 Å². The number of imide groups is 1. The molecule has 0 saturated heterocycles. The van der Waals surface area contributed by atoms with E-state index >= 15 is 0 Å². The van der Waals surface area contributed by atoms with E-state index in [1.54, 1.807) is 36.4 Å². The largest absolute Gasteiger partial charge is 0.423 e. The molecular formula is C15H9NO4. The Labute approximate surface area is 114 Å². The zero-order chi connectivity index (χ0) is 14.1. The molecule has 0 atom stereocenters. The minimum Gasteiger partial charge on any atom is -0.423 e. The smallest absolute Gasteiger partial charge is 0.344 e. The van der Waals surface area contributed by atoms with Gasteiger partial charge >= 0.3 is 5.97 Å². The molecule has 5 nitrogen and oxygen atoms in total. The number of benzene rings is 2. The van der Waals surface area contributed by atoms with Crippen LogP contribution in [-0.2, 0) is 0 Å². The zero-order valence-electron chi connectivity index (χ0n) is 10.3. The number of esters is 1. The second-order valence-corrected chi connectivity index (χ2v) is 4.21. The van der Waals surface area contributed by atoms with Crippen LogP contribution in [0, 0.1) is 0 Å². The Balaban J connectivity index is 1.98. The van der Waals surface area contributed by atoms with Crippen LogP contribution in [0.2, 0.25) is 0 Å². The Bertz CT molecular complexity index is 722. The monoisotopic (exact) mass is 267 g/mol. The molecule has 0 aromatic heterocycles. The maximum Gasteiger partial charge on any atom is 0.344 e. The van der Waals surface area contributed by atoms with Gasteiger partial charge in [0.25, 0.3) is 11.8 Å². The molecule has 0 saturated carbocycles. The summed E-state index contributed by atoms with van der Waals surface area (Å²) in [6.45, 7) is 0. The molecule has 1 N–H and O–H groups in total. The molecule has 0 spiro atoms. The number of carbonyl (C=O) groups excluding carboxylic acids is 3. The van der Waals surface area contributed by atoms with Crippen molar-refractivity contribution in [3.63, 3.8) is 0 Å². The van der Waals surface area contributed by atoms with Crippen molar-refractivity contribution in [2.75, 3.05) is 0 Å². The minimum absolute atomic E-state index is 0.0680. The lowest BCUT2D eigenvalue weighted by atomic mass is 10.0. The van der Waals surface area contributed by atoms with E-state index in [-0.39, 0.29) is 16.7 Å². The number of hydrogen-bond acceptors (Lipinski definition) is 4. The average molecular weight is 267 g/mol. The fourth-order valence-corrected chi connectivity index (χ4v) is 2.04. The van der Waals surface area contributed by atoms with Crippen LogP contribution in [0.4, 0.5) is 0 Å². The van der Waals surface area contributed by atoms with Crippen molar-refractivity contribution in [3.8, 4) is 5.75 Å². The third kappa shape index (κ3) is 1.95. The standard InChI is InChI=1S/C15H9NO4/c17-13-10-7-4-8-11(12(10)14(18)16-13)15(19)20-9-5-2-1-3-6-9/h1-8H,(H,16,17,18). The van der Waals surface area contributed by atoms with Gasteiger partial charge in [0.05, 0.1) is 16.7 Å². The molecule has 20 heavy (non-hydrogen) atoms. The number of amides is 2. The molecule has 0 unspecified atom stereocenters. The number of hydrogen-bond donors (Lipinski definition) is 1. The summed E-state index contributed by atoms with van der Waals surface area (Å²) < 4.78 is 5.18. The lowest BCUT2D eigenvalue weighted by molar-refractivity contribution is 0.0728. The second-order valence-electron chi connectivity index (χ2n) is 4.21. The summed E-state index contributed by atoms with van der Waals surface area (Å²) >= 11 is 0. The van der Waals surface area contributed by atoms with Crippen molar-refractivity contribution >= 4 is 17.8 Å². The molecule has 0 bridgehead atoms. The molecule has 1 aliphatic heterocycles. The fourth-order valence-electron chi connectivity index (χ4n) is 2.04. The van der Waals surface area contributed by atoms with Crippen LogP contribution in [0.15, 0.2) is 48.5 Å².